The second-order valence-corrected chi connectivity index (χ2v) is 3.44. The van der Waals surface area contributed by atoms with Crippen molar-refractivity contribution in [3.05, 3.63) is 35.9 Å². The SMILES string of the molecule is CC1(c2ccccc2)OC(=O)N(N)C1=O. The van der Waals surface area contributed by atoms with E-state index in [1.807, 2.05) is 6.07 Å². The van der Waals surface area contributed by atoms with Gasteiger partial charge in [-0.15, -0.1) is 0 Å². The fourth-order valence-corrected chi connectivity index (χ4v) is 1.52. The number of carbonyl (C=O) groups excluding carboxylic acids is 2. The number of rotatable bonds is 1. The number of benzene rings is 1. The molecule has 0 aliphatic carbocycles. The number of imide groups is 1. The Morgan fingerprint density at radius 2 is 1.87 bits per heavy atom. The monoisotopic (exact) mass is 206 g/mol. The van der Waals surface area contributed by atoms with Crippen molar-refractivity contribution in [1.82, 2.24) is 5.01 Å². The highest BCUT2D eigenvalue weighted by atomic mass is 16.6. The summed E-state index contributed by atoms with van der Waals surface area (Å²) in [4.78, 5) is 22.8. The van der Waals surface area contributed by atoms with Crippen LogP contribution in [0.2, 0.25) is 0 Å². The van der Waals surface area contributed by atoms with E-state index >= 15 is 0 Å². The van der Waals surface area contributed by atoms with E-state index in [1.54, 1.807) is 24.3 Å². The Morgan fingerprint density at radius 3 is 2.33 bits per heavy atom. The smallest absolute Gasteiger partial charge is 0.427 e. The van der Waals surface area contributed by atoms with E-state index in [4.69, 9.17) is 10.6 Å². The van der Waals surface area contributed by atoms with Crippen molar-refractivity contribution in [2.75, 3.05) is 0 Å². The van der Waals surface area contributed by atoms with Gasteiger partial charge in [-0.25, -0.2) is 10.6 Å². The first-order valence-electron chi connectivity index (χ1n) is 4.43. The Labute approximate surface area is 86.4 Å². The minimum absolute atomic E-state index is 0.493. The maximum atomic E-state index is 11.7. The summed E-state index contributed by atoms with van der Waals surface area (Å²) in [6.07, 6.45) is -0.827. The van der Waals surface area contributed by atoms with Crippen LogP contribution < -0.4 is 5.84 Å². The van der Waals surface area contributed by atoms with Crippen LogP contribution in [0.3, 0.4) is 0 Å². The molecule has 15 heavy (non-hydrogen) atoms. The third kappa shape index (κ3) is 1.28. The van der Waals surface area contributed by atoms with E-state index in [1.165, 1.54) is 6.92 Å². The maximum absolute atomic E-state index is 11.7. The minimum Gasteiger partial charge on any atom is -0.427 e. The molecule has 2 N–H and O–H groups in total. The average Bonchev–Trinajstić information content (AvgIpc) is 2.45. The molecule has 0 saturated carbocycles. The van der Waals surface area contributed by atoms with Gasteiger partial charge in [0.1, 0.15) is 0 Å². The molecule has 0 radical (unpaired) electrons. The molecule has 1 unspecified atom stereocenters. The summed E-state index contributed by atoms with van der Waals surface area (Å²) in [7, 11) is 0. The lowest BCUT2D eigenvalue weighted by Crippen LogP contribution is -2.40. The third-order valence-corrected chi connectivity index (χ3v) is 2.44. The number of amides is 2. The molecule has 5 nitrogen and oxygen atoms in total. The van der Waals surface area contributed by atoms with Crippen molar-refractivity contribution >= 4 is 12.0 Å². The summed E-state index contributed by atoms with van der Waals surface area (Å²) in [5.41, 5.74) is -0.691. The lowest BCUT2D eigenvalue weighted by molar-refractivity contribution is -0.136. The van der Waals surface area contributed by atoms with E-state index in [9.17, 15) is 9.59 Å². The molecule has 0 aromatic heterocycles. The molecular weight excluding hydrogens is 196 g/mol. The molecule has 1 aromatic rings. The number of hydrogen-bond acceptors (Lipinski definition) is 4. The topological polar surface area (TPSA) is 72.6 Å². The Hall–Kier alpha value is -1.88. The molecule has 1 saturated heterocycles. The van der Waals surface area contributed by atoms with Crippen LogP contribution in [0, 0.1) is 0 Å². The van der Waals surface area contributed by atoms with E-state index in [0.717, 1.165) is 0 Å². The molecule has 78 valence electrons. The van der Waals surface area contributed by atoms with Crippen LogP contribution >= 0.6 is 0 Å². The Balaban J connectivity index is 2.45. The van der Waals surface area contributed by atoms with Crippen molar-refractivity contribution in [2.24, 2.45) is 5.84 Å². The van der Waals surface area contributed by atoms with Crippen molar-refractivity contribution < 1.29 is 14.3 Å². The highest BCUT2D eigenvalue weighted by Gasteiger charge is 2.50. The van der Waals surface area contributed by atoms with Crippen molar-refractivity contribution in [1.29, 1.82) is 0 Å². The van der Waals surface area contributed by atoms with Gasteiger partial charge in [0.05, 0.1) is 0 Å². The molecule has 1 aliphatic rings. The maximum Gasteiger partial charge on any atom is 0.432 e. The minimum atomic E-state index is -1.30. The molecule has 2 rings (SSSR count). The number of ether oxygens (including phenoxy) is 1. The Morgan fingerprint density at radius 1 is 1.27 bits per heavy atom. The van der Waals surface area contributed by atoms with Gasteiger partial charge >= 0.3 is 6.09 Å². The zero-order valence-corrected chi connectivity index (χ0v) is 8.14. The van der Waals surface area contributed by atoms with Crippen LogP contribution in [0.5, 0.6) is 0 Å². The summed E-state index contributed by atoms with van der Waals surface area (Å²) in [5.74, 6) is 4.69. The average molecular weight is 206 g/mol. The molecule has 1 aromatic carbocycles. The van der Waals surface area contributed by atoms with Gasteiger partial charge in [-0.1, -0.05) is 30.3 Å². The lowest BCUT2D eigenvalue weighted by atomic mass is 9.95. The van der Waals surface area contributed by atoms with Gasteiger partial charge in [0.25, 0.3) is 5.91 Å². The predicted octanol–water partition coefficient (Wildman–Crippen LogP) is 0.754. The van der Waals surface area contributed by atoms with Gasteiger partial charge in [-0.3, -0.25) is 4.79 Å². The van der Waals surface area contributed by atoms with Crippen LogP contribution in [0.25, 0.3) is 0 Å². The second kappa shape index (κ2) is 3.06. The molecule has 1 fully saturated rings. The van der Waals surface area contributed by atoms with E-state index in [-0.39, 0.29) is 0 Å². The summed E-state index contributed by atoms with van der Waals surface area (Å²) < 4.78 is 4.97. The van der Waals surface area contributed by atoms with Crippen molar-refractivity contribution in [3.8, 4) is 0 Å². The Bertz CT molecular complexity index is 418. The number of hydrazine groups is 1. The number of hydrogen-bond donors (Lipinski definition) is 1. The van der Waals surface area contributed by atoms with E-state index in [0.29, 0.717) is 10.6 Å². The number of nitrogens with zero attached hydrogens (tertiary/aromatic N) is 1. The molecule has 0 spiro atoms. The van der Waals surface area contributed by atoms with Gasteiger partial charge in [0.15, 0.2) is 0 Å². The summed E-state index contributed by atoms with van der Waals surface area (Å²) in [6, 6.07) is 8.77. The standard InChI is InChI=1S/C10H10N2O3/c1-10(7-5-3-2-4-6-7)8(13)12(11)9(14)15-10/h2-6H,11H2,1H3. The largest absolute Gasteiger partial charge is 0.432 e. The molecule has 5 heteroatoms. The lowest BCUT2D eigenvalue weighted by Gasteiger charge is -2.19. The van der Waals surface area contributed by atoms with Crippen molar-refractivity contribution in [2.45, 2.75) is 12.5 Å². The summed E-state index contributed by atoms with van der Waals surface area (Å²) >= 11 is 0. The number of carbonyl (C=O) groups is 2. The summed E-state index contributed by atoms with van der Waals surface area (Å²) in [5, 5.41) is 0.493. The van der Waals surface area contributed by atoms with Crippen LogP contribution in [-0.2, 0) is 15.1 Å². The highest BCUT2D eigenvalue weighted by Crippen LogP contribution is 2.32. The van der Waals surface area contributed by atoms with E-state index < -0.39 is 17.6 Å². The number of nitrogens with two attached hydrogens (primary N) is 1. The van der Waals surface area contributed by atoms with Gasteiger partial charge in [0, 0.05) is 5.56 Å². The first-order chi connectivity index (χ1) is 7.05. The molecule has 2 amide bonds. The molecular formula is C10H10N2O3. The first-order valence-corrected chi connectivity index (χ1v) is 4.43. The van der Waals surface area contributed by atoms with Crippen LogP contribution in [-0.4, -0.2) is 17.0 Å². The zero-order chi connectivity index (χ0) is 11.1. The van der Waals surface area contributed by atoms with Gasteiger partial charge in [-0.05, 0) is 6.92 Å². The van der Waals surface area contributed by atoms with Gasteiger partial charge in [0.2, 0.25) is 5.60 Å². The number of cyclic esters (lactones) is 1. The predicted molar refractivity (Wildman–Crippen MR) is 51.3 cm³/mol. The van der Waals surface area contributed by atoms with Gasteiger partial charge < -0.3 is 4.74 Å². The normalized spacial score (nSPS) is 25.6. The molecule has 1 atom stereocenters. The fraction of sp³-hybridized carbons (Fsp3) is 0.200. The van der Waals surface area contributed by atoms with Crippen LogP contribution in [0.1, 0.15) is 12.5 Å². The fourth-order valence-electron chi connectivity index (χ4n) is 1.52. The molecule has 1 aliphatic heterocycles. The van der Waals surface area contributed by atoms with Crippen molar-refractivity contribution in [3.63, 3.8) is 0 Å². The molecule has 1 heterocycles. The highest BCUT2D eigenvalue weighted by molar-refractivity contribution is 6.02. The van der Waals surface area contributed by atoms with Crippen LogP contribution in [0.4, 0.5) is 4.79 Å². The second-order valence-electron chi connectivity index (χ2n) is 3.44. The Kier molecular flexibility index (Phi) is 1.97. The molecule has 0 bridgehead atoms. The quantitative estimate of drug-likeness (QED) is 0.543. The first kappa shape index (κ1) is 9.67. The van der Waals surface area contributed by atoms with Crippen LogP contribution in [0.15, 0.2) is 30.3 Å². The zero-order valence-electron chi connectivity index (χ0n) is 8.14. The van der Waals surface area contributed by atoms with Gasteiger partial charge in [-0.2, -0.15) is 5.01 Å². The van der Waals surface area contributed by atoms with E-state index in [2.05, 4.69) is 0 Å². The summed E-state index contributed by atoms with van der Waals surface area (Å²) in [6.45, 7) is 1.52. The third-order valence-electron chi connectivity index (χ3n) is 2.44.